The highest BCUT2D eigenvalue weighted by atomic mass is 15.3. The minimum absolute atomic E-state index is 0.675. The third-order valence-corrected chi connectivity index (χ3v) is 3.31. The van der Waals surface area contributed by atoms with E-state index in [0.717, 1.165) is 41.4 Å². The van der Waals surface area contributed by atoms with Crippen LogP contribution in [0.25, 0.3) is 16.9 Å². The van der Waals surface area contributed by atoms with Crippen molar-refractivity contribution in [2.75, 3.05) is 18.4 Å². The zero-order valence-electron chi connectivity index (χ0n) is 12.1. The molecule has 0 radical (unpaired) electrons. The van der Waals surface area contributed by atoms with Crippen LogP contribution in [0.5, 0.6) is 0 Å². The number of aryl methyl sites for hydroxylation is 1. The standard InChI is InChI=1S/C16H19N5/c1-12-10-15(18-9-5-8-17)21-16(19-12)11-14(20-21)13-6-3-2-4-7-13/h2-4,6-7,10-11,18H,5,8-9,17H2,1H3. The van der Waals surface area contributed by atoms with Gasteiger partial charge in [0.1, 0.15) is 5.82 Å². The molecule has 108 valence electrons. The quantitative estimate of drug-likeness (QED) is 0.705. The van der Waals surface area contributed by atoms with E-state index >= 15 is 0 Å². The number of hydrogen-bond donors (Lipinski definition) is 2. The summed E-state index contributed by atoms with van der Waals surface area (Å²) in [5, 5.41) is 8.04. The van der Waals surface area contributed by atoms with Crippen LogP contribution in [-0.4, -0.2) is 27.7 Å². The number of hydrogen-bond acceptors (Lipinski definition) is 4. The summed E-state index contributed by atoms with van der Waals surface area (Å²) >= 11 is 0. The lowest BCUT2D eigenvalue weighted by atomic mass is 10.2. The molecule has 2 aromatic heterocycles. The van der Waals surface area contributed by atoms with Gasteiger partial charge in [-0.25, -0.2) is 4.98 Å². The first-order valence-corrected chi connectivity index (χ1v) is 7.15. The molecule has 3 aromatic rings. The van der Waals surface area contributed by atoms with E-state index in [1.807, 2.05) is 41.8 Å². The number of nitrogens with zero attached hydrogens (tertiary/aromatic N) is 3. The van der Waals surface area contributed by atoms with Crippen molar-refractivity contribution in [1.29, 1.82) is 0 Å². The van der Waals surface area contributed by atoms with Crippen molar-refractivity contribution >= 4 is 11.5 Å². The van der Waals surface area contributed by atoms with Crippen LogP contribution < -0.4 is 11.1 Å². The van der Waals surface area contributed by atoms with Crippen LogP contribution >= 0.6 is 0 Å². The van der Waals surface area contributed by atoms with Crippen LogP contribution in [0.4, 0.5) is 5.82 Å². The van der Waals surface area contributed by atoms with Crippen LogP contribution in [0.1, 0.15) is 12.1 Å². The molecule has 3 rings (SSSR count). The molecule has 0 fully saturated rings. The van der Waals surface area contributed by atoms with Gasteiger partial charge in [0, 0.05) is 29.9 Å². The molecule has 1 aromatic carbocycles. The van der Waals surface area contributed by atoms with Gasteiger partial charge in [-0.2, -0.15) is 9.61 Å². The van der Waals surface area contributed by atoms with E-state index in [2.05, 4.69) is 27.5 Å². The van der Waals surface area contributed by atoms with Gasteiger partial charge in [0.2, 0.25) is 0 Å². The molecule has 2 heterocycles. The van der Waals surface area contributed by atoms with E-state index < -0.39 is 0 Å². The lowest BCUT2D eigenvalue weighted by Gasteiger charge is -2.08. The number of nitrogens with two attached hydrogens (primary N) is 1. The first-order valence-electron chi connectivity index (χ1n) is 7.15. The number of aromatic nitrogens is 3. The van der Waals surface area contributed by atoms with Crippen LogP contribution in [0.2, 0.25) is 0 Å². The van der Waals surface area contributed by atoms with Gasteiger partial charge >= 0.3 is 0 Å². The summed E-state index contributed by atoms with van der Waals surface area (Å²) in [6.45, 7) is 3.49. The smallest absolute Gasteiger partial charge is 0.158 e. The fraction of sp³-hybridized carbons (Fsp3) is 0.250. The Morgan fingerprint density at radius 2 is 2.00 bits per heavy atom. The highest BCUT2D eigenvalue weighted by Gasteiger charge is 2.09. The second-order valence-electron chi connectivity index (χ2n) is 5.02. The average molecular weight is 281 g/mol. The molecule has 0 saturated carbocycles. The van der Waals surface area contributed by atoms with Gasteiger partial charge < -0.3 is 11.1 Å². The molecule has 21 heavy (non-hydrogen) atoms. The SMILES string of the molecule is Cc1cc(NCCCN)n2nc(-c3ccccc3)cc2n1. The highest BCUT2D eigenvalue weighted by molar-refractivity contribution is 5.65. The normalized spacial score (nSPS) is 11.0. The fourth-order valence-electron chi connectivity index (χ4n) is 2.29. The molecule has 0 unspecified atom stereocenters. The van der Waals surface area contributed by atoms with Crippen LogP contribution in [0.15, 0.2) is 42.5 Å². The Hall–Kier alpha value is -2.40. The topological polar surface area (TPSA) is 68.2 Å². The number of rotatable bonds is 5. The summed E-state index contributed by atoms with van der Waals surface area (Å²) in [6.07, 6.45) is 0.926. The Bertz CT molecular complexity index is 733. The molecule has 5 nitrogen and oxygen atoms in total. The van der Waals surface area contributed by atoms with Crippen molar-refractivity contribution in [1.82, 2.24) is 14.6 Å². The lowest BCUT2D eigenvalue weighted by molar-refractivity contribution is 0.851. The molecule has 0 bridgehead atoms. The van der Waals surface area contributed by atoms with E-state index in [1.165, 1.54) is 0 Å². The van der Waals surface area contributed by atoms with Gasteiger partial charge in [-0.3, -0.25) is 0 Å². The summed E-state index contributed by atoms with van der Waals surface area (Å²) in [6, 6.07) is 14.1. The maximum atomic E-state index is 5.54. The third kappa shape index (κ3) is 2.87. The Balaban J connectivity index is 2.02. The molecule has 0 aliphatic rings. The summed E-state index contributed by atoms with van der Waals surface area (Å²) in [4.78, 5) is 4.55. The maximum Gasteiger partial charge on any atom is 0.158 e. The molecule has 0 aliphatic carbocycles. The van der Waals surface area contributed by atoms with Crippen molar-refractivity contribution in [2.45, 2.75) is 13.3 Å². The van der Waals surface area contributed by atoms with Crippen LogP contribution in [0, 0.1) is 6.92 Å². The molecule has 0 atom stereocenters. The van der Waals surface area contributed by atoms with Crippen molar-refractivity contribution in [2.24, 2.45) is 5.73 Å². The minimum Gasteiger partial charge on any atom is -0.370 e. The van der Waals surface area contributed by atoms with Crippen molar-refractivity contribution in [3.05, 3.63) is 48.2 Å². The number of benzene rings is 1. The van der Waals surface area contributed by atoms with Crippen molar-refractivity contribution < 1.29 is 0 Å². The van der Waals surface area contributed by atoms with Gasteiger partial charge in [-0.15, -0.1) is 0 Å². The number of fused-ring (bicyclic) bond motifs is 1. The second-order valence-corrected chi connectivity index (χ2v) is 5.02. The predicted octanol–water partition coefficient (Wildman–Crippen LogP) is 2.47. The van der Waals surface area contributed by atoms with Crippen molar-refractivity contribution in [3.8, 4) is 11.3 Å². The summed E-state index contributed by atoms with van der Waals surface area (Å²) in [5.74, 6) is 0.952. The van der Waals surface area contributed by atoms with E-state index in [-0.39, 0.29) is 0 Å². The Labute approximate surface area is 123 Å². The number of nitrogens with one attached hydrogen (secondary N) is 1. The van der Waals surface area contributed by atoms with Gasteiger partial charge in [0.25, 0.3) is 0 Å². The van der Waals surface area contributed by atoms with Gasteiger partial charge in [0.15, 0.2) is 5.65 Å². The third-order valence-electron chi connectivity index (χ3n) is 3.31. The highest BCUT2D eigenvalue weighted by Crippen LogP contribution is 2.21. The van der Waals surface area contributed by atoms with E-state index in [0.29, 0.717) is 6.54 Å². The van der Waals surface area contributed by atoms with Crippen LogP contribution in [0.3, 0.4) is 0 Å². The number of anilines is 1. The maximum absolute atomic E-state index is 5.54. The van der Waals surface area contributed by atoms with Crippen LogP contribution in [-0.2, 0) is 0 Å². The molecule has 5 heteroatoms. The van der Waals surface area contributed by atoms with Gasteiger partial charge in [-0.1, -0.05) is 30.3 Å². The lowest BCUT2D eigenvalue weighted by Crippen LogP contribution is -2.11. The molecular weight excluding hydrogens is 262 g/mol. The first-order chi connectivity index (χ1) is 10.3. The fourth-order valence-corrected chi connectivity index (χ4v) is 2.29. The first kappa shape index (κ1) is 13.6. The summed E-state index contributed by atoms with van der Waals surface area (Å²) < 4.78 is 1.85. The van der Waals surface area contributed by atoms with Gasteiger partial charge in [-0.05, 0) is 19.9 Å². The Morgan fingerprint density at radius 3 is 2.76 bits per heavy atom. The summed E-state index contributed by atoms with van der Waals surface area (Å²) in [5.41, 5.74) is 9.38. The summed E-state index contributed by atoms with van der Waals surface area (Å²) in [7, 11) is 0. The average Bonchev–Trinajstić information content (AvgIpc) is 2.92. The van der Waals surface area contributed by atoms with E-state index in [1.54, 1.807) is 0 Å². The monoisotopic (exact) mass is 281 g/mol. The Morgan fingerprint density at radius 1 is 1.19 bits per heavy atom. The van der Waals surface area contributed by atoms with Crippen molar-refractivity contribution in [3.63, 3.8) is 0 Å². The molecular formula is C16H19N5. The molecule has 0 amide bonds. The minimum atomic E-state index is 0.675. The molecule has 0 spiro atoms. The predicted molar refractivity (Wildman–Crippen MR) is 85.3 cm³/mol. The van der Waals surface area contributed by atoms with E-state index in [4.69, 9.17) is 5.73 Å². The second kappa shape index (κ2) is 5.93. The Kier molecular flexibility index (Phi) is 3.83. The molecule has 0 aliphatic heterocycles. The van der Waals surface area contributed by atoms with Gasteiger partial charge in [0.05, 0.1) is 5.69 Å². The zero-order valence-corrected chi connectivity index (χ0v) is 12.1. The zero-order chi connectivity index (χ0) is 14.7. The molecule has 3 N–H and O–H groups in total. The largest absolute Gasteiger partial charge is 0.370 e. The molecule has 0 saturated heterocycles. The van der Waals surface area contributed by atoms with E-state index in [9.17, 15) is 0 Å².